The number of ketones is 1. The van der Waals surface area contributed by atoms with Gasteiger partial charge in [-0.1, -0.05) is 6.07 Å². The van der Waals surface area contributed by atoms with Crippen LogP contribution in [0.1, 0.15) is 52.2 Å². The number of aryl methyl sites for hydroxylation is 2. The number of carbonyl (C=O) groups excluding carboxylic acids is 3. The van der Waals surface area contributed by atoms with E-state index in [1.807, 2.05) is 18.2 Å². The predicted molar refractivity (Wildman–Crippen MR) is 92.8 cm³/mol. The van der Waals surface area contributed by atoms with Gasteiger partial charge in [0.25, 0.3) is 5.91 Å². The summed E-state index contributed by atoms with van der Waals surface area (Å²) in [5, 5.41) is 2.77. The van der Waals surface area contributed by atoms with E-state index in [9.17, 15) is 14.4 Å². The Morgan fingerprint density at radius 2 is 1.92 bits per heavy atom. The van der Waals surface area contributed by atoms with Gasteiger partial charge in [-0.15, -0.1) is 0 Å². The summed E-state index contributed by atoms with van der Waals surface area (Å²) >= 11 is 0. The van der Waals surface area contributed by atoms with Crippen molar-refractivity contribution < 1.29 is 19.1 Å². The topological polar surface area (TPSA) is 88.3 Å². The third-order valence-corrected chi connectivity index (χ3v) is 4.33. The summed E-state index contributed by atoms with van der Waals surface area (Å²) in [5.41, 5.74) is 3.81. The third-order valence-electron chi connectivity index (χ3n) is 4.33. The Morgan fingerprint density at radius 1 is 1.16 bits per heavy atom. The van der Waals surface area contributed by atoms with Gasteiger partial charge in [0, 0.05) is 17.4 Å². The second-order valence-electron chi connectivity index (χ2n) is 6.23. The fraction of sp³-hybridized carbons (Fsp3) is 0.316. The summed E-state index contributed by atoms with van der Waals surface area (Å²) in [6.45, 7) is 2.92. The lowest BCUT2D eigenvalue weighted by molar-refractivity contribution is -0.123. The molecule has 3 rings (SSSR count). The van der Waals surface area contributed by atoms with Gasteiger partial charge in [0.05, 0.1) is 0 Å². The van der Waals surface area contributed by atoms with E-state index in [2.05, 4.69) is 10.3 Å². The summed E-state index contributed by atoms with van der Waals surface area (Å²) in [6.07, 6.45) is 3.72. The zero-order valence-corrected chi connectivity index (χ0v) is 14.2. The zero-order chi connectivity index (χ0) is 18.0. The largest absolute Gasteiger partial charge is 0.448 e. The number of carbonyl (C=O) groups is 3. The van der Waals surface area contributed by atoms with E-state index in [0.717, 1.165) is 19.3 Å². The van der Waals surface area contributed by atoms with E-state index in [-0.39, 0.29) is 11.5 Å². The molecular weight excluding hydrogens is 320 g/mol. The van der Waals surface area contributed by atoms with Gasteiger partial charge in [-0.2, -0.15) is 0 Å². The van der Waals surface area contributed by atoms with Gasteiger partial charge in [0.1, 0.15) is 5.69 Å². The minimum atomic E-state index is -0.954. The fourth-order valence-corrected chi connectivity index (χ4v) is 2.89. The van der Waals surface area contributed by atoms with Crippen LogP contribution in [0, 0.1) is 0 Å². The van der Waals surface area contributed by atoms with Crippen molar-refractivity contribution in [2.45, 2.75) is 39.2 Å². The van der Waals surface area contributed by atoms with Crippen LogP contribution in [0.2, 0.25) is 0 Å². The number of Topliss-reactive ketones (excluding diaryl/α,β-unsaturated/α-hetero) is 1. The number of fused-ring (bicyclic) bond motifs is 1. The van der Waals surface area contributed by atoms with E-state index >= 15 is 0 Å². The molecule has 2 N–H and O–H groups in total. The molecule has 1 unspecified atom stereocenters. The van der Waals surface area contributed by atoms with Crippen molar-refractivity contribution >= 4 is 23.3 Å². The minimum absolute atomic E-state index is 0.141. The molecular formula is C19H20N2O4. The van der Waals surface area contributed by atoms with Crippen molar-refractivity contribution in [1.29, 1.82) is 0 Å². The fourth-order valence-electron chi connectivity index (χ4n) is 2.89. The SMILES string of the molecule is CC(=O)c1c[nH]c(C(=O)OC(C)C(=O)Nc2ccc3c(c2)CCC3)c1. The molecule has 6 heteroatoms. The Kier molecular flexibility index (Phi) is 4.70. The first kappa shape index (κ1) is 17.0. The average Bonchev–Trinajstić information content (AvgIpc) is 3.23. The van der Waals surface area contributed by atoms with E-state index in [1.165, 1.54) is 37.2 Å². The Bertz CT molecular complexity index is 838. The van der Waals surface area contributed by atoms with Gasteiger partial charge in [-0.3, -0.25) is 9.59 Å². The Hall–Kier alpha value is -2.89. The maximum atomic E-state index is 12.2. The Morgan fingerprint density at radius 3 is 2.64 bits per heavy atom. The van der Waals surface area contributed by atoms with E-state index in [1.54, 1.807) is 0 Å². The average molecular weight is 340 g/mol. The van der Waals surface area contributed by atoms with Gasteiger partial charge < -0.3 is 15.0 Å². The third kappa shape index (κ3) is 3.79. The zero-order valence-electron chi connectivity index (χ0n) is 14.2. The molecule has 25 heavy (non-hydrogen) atoms. The molecule has 0 bridgehead atoms. The Labute approximate surface area is 145 Å². The highest BCUT2D eigenvalue weighted by Gasteiger charge is 2.21. The van der Waals surface area contributed by atoms with Crippen LogP contribution in [-0.2, 0) is 22.4 Å². The second kappa shape index (κ2) is 6.93. The molecule has 2 aromatic rings. The van der Waals surface area contributed by atoms with Crippen molar-refractivity contribution in [2.75, 3.05) is 5.32 Å². The predicted octanol–water partition coefficient (Wildman–Crippen LogP) is 2.89. The number of nitrogens with one attached hydrogen (secondary N) is 2. The van der Waals surface area contributed by atoms with Crippen LogP contribution in [0.3, 0.4) is 0 Å². The van der Waals surface area contributed by atoms with Gasteiger partial charge in [0.2, 0.25) is 0 Å². The number of rotatable bonds is 5. The number of hydrogen-bond acceptors (Lipinski definition) is 4. The van der Waals surface area contributed by atoms with Gasteiger partial charge >= 0.3 is 5.97 Å². The molecule has 1 heterocycles. The van der Waals surface area contributed by atoms with Gasteiger partial charge in [-0.05, 0) is 62.4 Å². The van der Waals surface area contributed by atoms with Crippen LogP contribution in [0.25, 0.3) is 0 Å². The van der Waals surface area contributed by atoms with E-state index < -0.39 is 18.0 Å². The first-order valence-electron chi connectivity index (χ1n) is 8.27. The second-order valence-corrected chi connectivity index (χ2v) is 6.23. The molecule has 1 aromatic carbocycles. The van der Waals surface area contributed by atoms with Crippen LogP contribution < -0.4 is 5.32 Å². The molecule has 6 nitrogen and oxygen atoms in total. The monoisotopic (exact) mass is 340 g/mol. The Balaban J connectivity index is 1.60. The quantitative estimate of drug-likeness (QED) is 0.647. The van der Waals surface area contributed by atoms with Crippen molar-refractivity contribution in [2.24, 2.45) is 0 Å². The van der Waals surface area contributed by atoms with Crippen molar-refractivity contribution in [3.05, 3.63) is 52.8 Å². The lowest BCUT2D eigenvalue weighted by Gasteiger charge is -2.13. The summed E-state index contributed by atoms with van der Waals surface area (Å²) < 4.78 is 5.16. The summed E-state index contributed by atoms with van der Waals surface area (Å²) in [6, 6.07) is 7.27. The van der Waals surface area contributed by atoms with Crippen LogP contribution in [0.4, 0.5) is 5.69 Å². The molecule has 0 radical (unpaired) electrons. The molecule has 0 saturated heterocycles. The smallest absolute Gasteiger partial charge is 0.355 e. The van der Waals surface area contributed by atoms with Crippen molar-refractivity contribution in [3.8, 4) is 0 Å². The van der Waals surface area contributed by atoms with Gasteiger partial charge in [-0.25, -0.2) is 4.79 Å². The van der Waals surface area contributed by atoms with Crippen LogP contribution in [0.15, 0.2) is 30.5 Å². The summed E-state index contributed by atoms with van der Waals surface area (Å²) in [4.78, 5) is 38.2. The number of amides is 1. The summed E-state index contributed by atoms with van der Waals surface area (Å²) in [7, 11) is 0. The standard InChI is InChI=1S/C19H20N2O4/c1-11(22)15-9-17(20-10-15)19(24)25-12(2)18(23)21-16-7-6-13-4-3-5-14(13)8-16/h6-10,12,20H,3-5H2,1-2H3,(H,21,23). The number of hydrogen-bond donors (Lipinski definition) is 2. The van der Waals surface area contributed by atoms with E-state index in [0.29, 0.717) is 11.3 Å². The highest BCUT2D eigenvalue weighted by atomic mass is 16.5. The minimum Gasteiger partial charge on any atom is -0.448 e. The number of esters is 1. The lowest BCUT2D eigenvalue weighted by atomic mass is 10.1. The van der Waals surface area contributed by atoms with E-state index in [4.69, 9.17) is 4.74 Å². The molecule has 1 aromatic heterocycles. The summed E-state index contributed by atoms with van der Waals surface area (Å²) in [5.74, 6) is -1.23. The number of aromatic nitrogens is 1. The molecule has 1 atom stereocenters. The lowest BCUT2D eigenvalue weighted by Crippen LogP contribution is -2.30. The maximum absolute atomic E-state index is 12.2. The number of anilines is 1. The molecule has 0 spiro atoms. The molecule has 1 aliphatic rings. The van der Waals surface area contributed by atoms with Crippen LogP contribution in [-0.4, -0.2) is 28.7 Å². The van der Waals surface area contributed by atoms with Crippen molar-refractivity contribution in [1.82, 2.24) is 4.98 Å². The number of ether oxygens (including phenoxy) is 1. The normalized spacial score (nSPS) is 13.8. The number of aromatic amines is 1. The molecule has 1 aliphatic carbocycles. The van der Waals surface area contributed by atoms with Crippen LogP contribution in [0.5, 0.6) is 0 Å². The highest BCUT2D eigenvalue weighted by molar-refractivity contribution is 5.99. The molecule has 0 fully saturated rings. The molecule has 1 amide bonds. The number of benzene rings is 1. The molecule has 0 aliphatic heterocycles. The number of H-pyrrole nitrogens is 1. The maximum Gasteiger partial charge on any atom is 0.355 e. The first-order chi connectivity index (χ1) is 11.9. The highest BCUT2D eigenvalue weighted by Crippen LogP contribution is 2.25. The van der Waals surface area contributed by atoms with Gasteiger partial charge in [0.15, 0.2) is 11.9 Å². The van der Waals surface area contributed by atoms with Crippen LogP contribution >= 0.6 is 0 Å². The first-order valence-corrected chi connectivity index (χ1v) is 8.27. The van der Waals surface area contributed by atoms with Crippen molar-refractivity contribution in [3.63, 3.8) is 0 Å². The molecule has 130 valence electrons. The molecule has 0 saturated carbocycles.